The number of hydrogen-bond donors (Lipinski definition) is 2. The molecule has 6 nitrogen and oxygen atoms in total. The zero-order valence-corrected chi connectivity index (χ0v) is 15.2. The number of nitrogens with two attached hydrogens (primary N) is 1. The molecule has 0 saturated carbocycles. The summed E-state index contributed by atoms with van der Waals surface area (Å²) in [6, 6.07) is -0.581. The van der Waals surface area contributed by atoms with E-state index in [1.165, 1.54) is 0 Å². The van der Waals surface area contributed by atoms with Gasteiger partial charge in [0.15, 0.2) is 0 Å². The van der Waals surface area contributed by atoms with Gasteiger partial charge in [-0.3, -0.25) is 4.79 Å². The van der Waals surface area contributed by atoms with E-state index < -0.39 is 17.7 Å². The van der Waals surface area contributed by atoms with E-state index in [0.717, 1.165) is 38.5 Å². The number of carbonyl (C=O) groups excluding carboxylic acids is 2. The molecule has 0 aliphatic rings. The van der Waals surface area contributed by atoms with Gasteiger partial charge in [-0.2, -0.15) is 0 Å². The topological polar surface area (TPSA) is 90.6 Å². The van der Waals surface area contributed by atoms with Crippen molar-refractivity contribution in [2.75, 3.05) is 13.2 Å². The van der Waals surface area contributed by atoms with Crippen LogP contribution < -0.4 is 11.1 Å². The fraction of sp³-hybridized carbons (Fsp3) is 0.882. The largest absolute Gasteiger partial charge is 0.465 e. The van der Waals surface area contributed by atoms with E-state index in [9.17, 15) is 9.59 Å². The highest BCUT2D eigenvalue weighted by molar-refractivity contribution is 5.75. The number of amides is 1. The lowest BCUT2D eigenvalue weighted by Crippen LogP contribution is -2.34. The summed E-state index contributed by atoms with van der Waals surface area (Å²) in [6.45, 7) is 8.55. The zero-order valence-electron chi connectivity index (χ0n) is 15.2. The Balaban J connectivity index is 3.60. The van der Waals surface area contributed by atoms with Gasteiger partial charge in [0.05, 0.1) is 6.61 Å². The highest BCUT2D eigenvalue weighted by Gasteiger charge is 2.16. The van der Waals surface area contributed by atoms with E-state index in [4.69, 9.17) is 15.2 Å². The van der Waals surface area contributed by atoms with E-state index in [1.807, 2.05) is 20.8 Å². The Hall–Kier alpha value is -1.30. The first-order valence-corrected chi connectivity index (χ1v) is 8.65. The van der Waals surface area contributed by atoms with Crippen molar-refractivity contribution in [3.8, 4) is 0 Å². The Morgan fingerprint density at radius 2 is 1.78 bits per heavy atom. The number of alkyl carbamates (subject to hydrolysis) is 1. The third-order valence-electron chi connectivity index (χ3n) is 3.16. The van der Waals surface area contributed by atoms with Crippen LogP contribution in [-0.2, 0) is 14.3 Å². The van der Waals surface area contributed by atoms with Crippen molar-refractivity contribution in [1.82, 2.24) is 5.32 Å². The maximum absolute atomic E-state index is 11.7. The van der Waals surface area contributed by atoms with Gasteiger partial charge in [-0.25, -0.2) is 4.79 Å². The first kappa shape index (κ1) is 21.7. The summed E-state index contributed by atoms with van der Waals surface area (Å²) in [7, 11) is 0. The molecule has 6 heteroatoms. The first-order valence-electron chi connectivity index (χ1n) is 8.65. The number of nitrogens with one attached hydrogen (secondary N) is 1. The van der Waals surface area contributed by atoms with Crippen LogP contribution in [0.4, 0.5) is 4.79 Å². The molecule has 0 aromatic heterocycles. The molecular formula is C17H34N2O4. The lowest BCUT2D eigenvalue weighted by atomic mass is 10.1. The molecule has 23 heavy (non-hydrogen) atoms. The number of hydrogen-bond acceptors (Lipinski definition) is 5. The van der Waals surface area contributed by atoms with E-state index in [0.29, 0.717) is 19.6 Å². The lowest BCUT2D eigenvalue weighted by Gasteiger charge is -2.19. The second-order valence-corrected chi connectivity index (χ2v) is 6.76. The van der Waals surface area contributed by atoms with Crippen molar-refractivity contribution in [3.63, 3.8) is 0 Å². The van der Waals surface area contributed by atoms with Crippen molar-refractivity contribution < 1.29 is 19.1 Å². The Bertz CT molecular complexity index is 340. The van der Waals surface area contributed by atoms with Gasteiger partial charge in [-0.1, -0.05) is 26.2 Å². The number of esters is 1. The fourth-order valence-corrected chi connectivity index (χ4v) is 1.92. The van der Waals surface area contributed by atoms with Crippen LogP contribution in [0.2, 0.25) is 0 Å². The number of ether oxygens (including phenoxy) is 2. The molecule has 0 aliphatic heterocycles. The Morgan fingerprint density at radius 3 is 2.39 bits per heavy atom. The van der Waals surface area contributed by atoms with Crippen LogP contribution >= 0.6 is 0 Å². The molecule has 136 valence electrons. The molecule has 0 aromatic rings. The SMILES string of the molecule is CCCCCCOC(=O)[C@@H](N)CCCCNC(=O)OC(C)(C)C. The minimum Gasteiger partial charge on any atom is -0.465 e. The second kappa shape index (κ2) is 12.2. The van der Waals surface area contributed by atoms with E-state index >= 15 is 0 Å². The predicted molar refractivity (Wildman–Crippen MR) is 91.2 cm³/mol. The average Bonchev–Trinajstić information content (AvgIpc) is 2.44. The highest BCUT2D eigenvalue weighted by atomic mass is 16.6. The Labute approximate surface area is 140 Å². The van der Waals surface area contributed by atoms with E-state index in [-0.39, 0.29) is 5.97 Å². The van der Waals surface area contributed by atoms with Gasteiger partial charge in [0, 0.05) is 6.54 Å². The molecule has 1 amide bonds. The molecule has 0 rings (SSSR count). The minimum atomic E-state index is -0.581. The van der Waals surface area contributed by atoms with Crippen LogP contribution in [0.5, 0.6) is 0 Å². The Kier molecular flexibility index (Phi) is 11.5. The van der Waals surface area contributed by atoms with Crippen LogP contribution in [0.3, 0.4) is 0 Å². The normalized spacial score (nSPS) is 12.6. The molecule has 0 radical (unpaired) electrons. The van der Waals surface area contributed by atoms with Gasteiger partial charge < -0.3 is 20.5 Å². The summed E-state index contributed by atoms with van der Waals surface area (Å²) in [5.41, 5.74) is 5.30. The van der Waals surface area contributed by atoms with Gasteiger partial charge in [-0.15, -0.1) is 0 Å². The van der Waals surface area contributed by atoms with Gasteiger partial charge in [0.1, 0.15) is 11.6 Å². The van der Waals surface area contributed by atoms with Gasteiger partial charge >= 0.3 is 12.1 Å². The van der Waals surface area contributed by atoms with Crippen LogP contribution in [0, 0.1) is 0 Å². The Morgan fingerprint density at radius 1 is 1.09 bits per heavy atom. The van der Waals surface area contributed by atoms with Crippen molar-refractivity contribution in [3.05, 3.63) is 0 Å². The summed E-state index contributed by atoms with van der Waals surface area (Å²) in [6.07, 6.45) is 5.93. The molecule has 0 aliphatic carbocycles. The molecule has 0 saturated heterocycles. The average molecular weight is 330 g/mol. The molecule has 0 aromatic carbocycles. The molecule has 0 spiro atoms. The van der Waals surface area contributed by atoms with Crippen LogP contribution in [-0.4, -0.2) is 36.9 Å². The first-order chi connectivity index (χ1) is 10.8. The van der Waals surface area contributed by atoms with Crippen molar-refractivity contribution in [2.24, 2.45) is 5.73 Å². The van der Waals surface area contributed by atoms with E-state index in [2.05, 4.69) is 12.2 Å². The number of unbranched alkanes of at least 4 members (excludes halogenated alkanes) is 4. The second-order valence-electron chi connectivity index (χ2n) is 6.76. The maximum atomic E-state index is 11.7. The summed E-state index contributed by atoms with van der Waals surface area (Å²) in [5.74, 6) is -0.332. The minimum absolute atomic E-state index is 0.332. The molecule has 3 N–H and O–H groups in total. The standard InChI is InChI=1S/C17H34N2O4/c1-5-6-7-10-13-22-15(20)14(18)11-8-9-12-19-16(21)23-17(2,3)4/h14H,5-13,18H2,1-4H3,(H,19,21)/t14-/m0/s1. The smallest absolute Gasteiger partial charge is 0.407 e. The van der Waals surface area contributed by atoms with Crippen molar-refractivity contribution >= 4 is 12.1 Å². The van der Waals surface area contributed by atoms with Crippen LogP contribution in [0.15, 0.2) is 0 Å². The molecule has 1 atom stereocenters. The van der Waals surface area contributed by atoms with Crippen molar-refractivity contribution in [2.45, 2.75) is 84.3 Å². The quantitative estimate of drug-likeness (QED) is 0.448. The fourth-order valence-electron chi connectivity index (χ4n) is 1.92. The van der Waals surface area contributed by atoms with Crippen molar-refractivity contribution in [1.29, 1.82) is 0 Å². The molecule has 0 fully saturated rings. The van der Waals surface area contributed by atoms with Gasteiger partial charge in [0.2, 0.25) is 0 Å². The highest BCUT2D eigenvalue weighted by Crippen LogP contribution is 2.07. The van der Waals surface area contributed by atoms with Crippen LogP contribution in [0.1, 0.15) is 72.6 Å². The molecule has 0 bridgehead atoms. The lowest BCUT2D eigenvalue weighted by molar-refractivity contribution is -0.145. The molecule has 0 heterocycles. The predicted octanol–water partition coefficient (Wildman–Crippen LogP) is 3.13. The zero-order chi connectivity index (χ0) is 17.7. The van der Waals surface area contributed by atoms with Gasteiger partial charge in [0.25, 0.3) is 0 Å². The molecular weight excluding hydrogens is 296 g/mol. The summed E-state index contributed by atoms with van der Waals surface area (Å²) >= 11 is 0. The summed E-state index contributed by atoms with van der Waals surface area (Å²) in [5, 5.41) is 2.68. The monoisotopic (exact) mass is 330 g/mol. The maximum Gasteiger partial charge on any atom is 0.407 e. The third kappa shape index (κ3) is 14.0. The van der Waals surface area contributed by atoms with Gasteiger partial charge in [-0.05, 0) is 46.5 Å². The summed E-state index contributed by atoms with van der Waals surface area (Å²) < 4.78 is 10.3. The molecule has 0 unspecified atom stereocenters. The third-order valence-corrected chi connectivity index (χ3v) is 3.16. The summed E-state index contributed by atoms with van der Waals surface area (Å²) in [4.78, 5) is 23.1. The number of rotatable bonds is 11. The van der Waals surface area contributed by atoms with E-state index in [1.54, 1.807) is 0 Å². The number of carbonyl (C=O) groups is 2. The van der Waals surface area contributed by atoms with Crippen LogP contribution in [0.25, 0.3) is 0 Å².